The van der Waals surface area contributed by atoms with Crippen molar-refractivity contribution in [1.82, 2.24) is 10.6 Å². The van der Waals surface area contributed by atoms with Gasteiger partial charge in [-0.1, -0.05) is 30.3 Å². The van der Waals surface area contributed by atoms with Crippen LogP contribution < -0.4 is 10.6 Å². The van der Waals surface area contributed by atoms with Crippen molar-refractivity contribution >= 4 is 11.8 Å². The Balaban J connectivity index is 2.97. The average Bonchev–Trinajstić information content (AvgIpc) is 2.36. The van der Waals surface area contributed by atoms with Crippen LogP contribution in [0.25, 0.3) is 0 Å². The molecule has 0 saturated heterocycles. The van der Waals surface area contributed by atoms with Gasteiger partial charge in [0, 0.05) is 0 Å². The van der Waals surface area contributed by atoms with E-state index in [1.54, 1.807) is 0 Å². The summed E-state index contributed by atoms with van der Waals surface area (Å²) in [6, 6.07) is 6.40. The van der Waals surface area contributed by atoms with Crippen molar-refractivity contribution < 1.29 is 35.9 Å². The van der Waals surface area contributed by atoms with Crippen molar-refractivity contribution in [3.63, 3.8) is 0 Å². The molecular formula is C11H8F6N2O2. The Labute approximate surface area is 114 Å². The molecule has 21 heavy (non-hydrogen) atoms. The summed E-state index contributed by atoms with van der Waals surface area (Å²) in [4.78, 5) is 21.6. The smallest absolute Gasteiger partial charge is 0.324 e. The second-order valence-electron chi connectivity index (χ2n) is 3.79. The number of alkyl halides is 6. The molecule has 1 aromatic rings. The van der Waals surface area contributed by atoms with Gasteiger partial charge in [-0.2, -0.15) is 26.3 Å². The van der Waals surface area contributed by atoms with E-state index < -0.39 is 30.3 Å². The molecule has 0 spiro atoms. The Morgan fingerprint density at radius 1 is 0.810 bits per heavy atom. The fourth-order valence-electron chi connectivity index (χ4n) is 1.27. The third-order valence-corrected chi connectivity index (χ3v) is 2.20. The lowest BCUT2D eigenvalue weighted by atomic mass is 10.1. The molecule has 0 aliphatic carbocycles. The van der Waals surface area contributed by atoms with E-state index in [2.05, 4.69) is 0 Å². The van der Waals surface area contributed by atoms with Gasteiger partial charge < -0.3 is 10.6 Å². The molecule has 0 atom stereocenters. The van der Waals surface area contributed by atoms with E-state index in [1.807, 2.05) is 0 Å². The Hall–Kier alpha value is -2.26. The maximum Gasteiger partial charge on any atom is 0.471 e. The number of carbonyl (C=O) groups is 2. The maximum absolute atomic E-state index is 12.1. The molecule has 2 N–H and O–H groups in total. The largest absolute Gasteiger partial charge is 0.471 e. The normalized spacial score (nSPS) is 12.1. The standard InChI is InChI=1S/C11H8F6N2O2/c12-10(13,14)8(20)18-7(6-4-2-1-3-5-6)19-9(21)11(15,16)17/h1-5,7H,(H,18,20)(H,19,21). The first-order valence-electron chi connectivity index (χ1n) is 5.32. The molecule has 1 rings (SSSR count). The number of nitrogens with one attached hydrogen (secondary N) is 2. The van der Waals surface area contributed by atoms with E-state index in [0.29, 0.717) is 0 Å². The summed E-state index contributed by atoms with van der Waals surface area (Å²) in [5.41, 5.74) is -0.146. The van der Waals surface area contributed by atoms with Crippen molar-refractivity contribution in [3.05, 3.63) is 35.9 Å². The maximum atomic E-state index is 12.1. The molecule has 0 bridgehead atoms. The van der Waals surface area contributed by atoms with Gasteiger partial charge in [-0.15, -0.1) is 0 Å². The summed E-state index contributed by atoms with van der Waals surface area (Å²) >= 11 is 0. The third-order valence-electron chi connectivity index (χ3n) is 2.20. The van der Waals surface area contributed by atoms with Crippen LogP contribution in [0, 0.1) is 0 Å². The summed E-state index contributed by atoms with van der Waals surface area (Å²) in [6.45, 7) is 0. The lowest BCUT2D eigenvalue weighted by molar-refractivity contribution is -0.178. The van der Waals surface area contributed by atoms with Crippen molar-refractivity contribution in [3.8, 4) is 0 Å². The van der Waals surface area contributed by atoms with E-state index in [1.165, 1.54) is 28.8 Å². The van der Waals surface area contributed by atoms with Crippen LogP contribution >= 0.6 is 0 Å². The topological polar surface area (TPSA) is 58.2 Å². The lowest BCUT2D eigenvalue weighted by Crippen LogP contribution is -2.49. The fourth-order valence-corrected chi connectivity index (χ4v) is 1.27. The molecule has 10 heteroatoms. The Bertz CT molecular complexity index is 484. The van der Waals surface area contributed by atoms with Gasteiger partial charge >= 0.3 is 24.2 Å². The van der Waals surface area contributed by atoms with Gasteiger partial charge in [0.2, 0.25) is 0 Å². The summed E-state index contributed by atoms with van der Waals surface area (Å²) in [5, 5.41) is 2.56. The van der Waals surface area contributed by atoms with Gasteiger partial charge in [-0.25, -0.2) is 0 Å². The molecule has 0 aliphatic rings. The van der Waals surface area contributed by atoms with Gasteiger partial charge in [0.25, 0.3) is 0 Å². The van der Waals surface area contributed by atoms with Crippen LogP contribution in [0.15, 0.2) is 30.3 Å². The van der Waals surface area contributed by atoms with Crippen molar-refractivity contribution in [2.24, 2.45) is 0 Å². The monoisotopic (exact) mass is 314 g/mol. The van der Waals surface area contributed by atoms with E-state index in [9.17, 15) is 35.9 Å². The number of carbonyl (C=O) groups excluding carboxylic acids is 2. The quantitative estimate of drug-likeness (QED) is 0.663. The van der Waals surface area contributed by atoms with Crippen LogP contribution in [0.2, 0.25) is 0 Å². The van der Waals surface area contributed by atoms with E-state index >= 15 is 0 Å². The van der Waals surface area contributed by atoms with Gasteiger partial charge in [0.15, 0.2) is 0 Å². The Morgan fingerprint density at radius 2 is 1.19 bits per heavy atom. The zero-order chi connectivity index (χ0) is 16.3. The van der Waals surface area contributed by atoms with Gasteiger partial charge in [-0.05, 0) is 5.56 Å². The van der Waals surface area contributed by atoms with Crippen LogP contribution in [0.3, 0.4) is 0 Å². The van der Waals surface area contributed by atoms with Gasteiger partial charge in [0.1, 0.15) is 6.17 Å². The van der Waals surface area contributed by atoms with Crippen molar-refractivity contribution in [1.29, 1.82) is 0 Å². The molecule has 0 aromatic heterocycles. The Morgan fingerprint density at radius 3 is 1.52 bits per heavy atom. The number of hydrogen-bond donors (Lipinski definition) is 2. The van der Waals surface area contributed by atoms with Crippen LogP contribution in [0.5, 0.6) is 0 Å². The molecule has 1 aromatic carbocycles. The molecule has 0 heterocycles. The minimum absolute atomic E-state index is 0.146. The molecule has 116 valence electrons. The minimum Gasteiger partial charge on any atom is -0.324 e. The highest BCUT2D eigenvalue weighted by molar-refractivity contribution is 5.85. The zero-order valence-electron chi connectivity index (χ0n) is 10.0. The highest BCUT2D eigenvalue weighted by Gasteiger charge is 2.43. The predicted molar refractivity (Wildman–Crippen MR) is 57.6 cm³/mol. The SMILES string of the molecule is O=C(NC(NC(=O)C(F)(F)F)c1ccccc1)C(F)(F)F. The van der Waals surface area contributed by atoms with Crippen LogP contribution in [0.4, 0.5) is 26.3 Å². The third kappa shape index (κ3) is 4.97. The molecule has 0 aliphatic heterocycles. The van der Waals surface area contributed by atoms with Crippen molar-refractivity contribution in [2.45, 2.75) is 18.5 Å². The van der Waals surface area contributed by atoms with Crippen molar-refractivity contribution in [2.75, 3.05) is 0 Å². The highest BCUT2D eigenvalue weighted by atomic mass is 19.4. The molecule has 0 unspecified atom stereocenters. The first-order valence-corrected chi connectivity index (χ1v) is 5.32. The number of amides is 2. The second kappa shape index (κ2) is 6.02. The zero-order valence-corrected chi connectivity index (χ0v) is 10.0. The number of benzene rings is 1. The first-order chi connectivity index (χ1) is 9.51. The lowest BCUT2D eigenvalue weighted by Gasteiger charge is -2.21. The second-order valence-corrected chi connectivity index (χ2v) is 3.79. The van der Waals surface area contributed by atoms with Gasteiger partial charge in [-0.3, -0.25) is 9.59 Å². The van der Waals surface area contributed by atoms with Crippen LogP contribution in [-0.4, -0.2) is 24.2 Å². The molecule has 4 nitrogen and oxygen atoms in total. The minimum atomic E-state index is -5.30. The van der Waals surface area contributed by atoms with E-state index in [0.717, 1.165) is 12.1 Å². The van der Waals surface area contributed by atoms with E-state index in [4.69, 9.17) is 0 Å². The summed E-state index contributed by atoms with van der Waals surface area (Å²) in [5.74, 6) is -4.95. The highest BCUT2D eigenvalue weighted by Crippen LogP contribution is 2.20. The first kappa shape index (κ1) is 16.8. The summed E-state index contributed by atoms with van der Waals surface area (Å²) in [6.07, 6.45) is -12.6. The fraction of sp³-hybridized carbons (Fsp3) is 0.273. The molecule has 0 fully saturated rings. The van der Waals surface area contributed by atoms with Crippen LogP contribution in [-0.2, 0) is 9.59 Å². The van der Waals surface area contributed by atoms with Gasteiger partial charge in [0.05, 0.1) is 0 Å². The summed E-state index contributed by atoms with van der Waals surface area (Å²) in [7, 11) is 0. The number of rotatable bonds is 3. The molecule has 0 radical (unpaired) electrons. The average molecular weight is 314 g/mol. The number of hydrogen-bond acceptors (Lipinski definition) is 2. The molecule has 0 saturated carbocycles. The molecule has 2 amide bonds. The predicted octanol–water partition coefficient (Wildman–Crippen LogP) is 2.04. The summed E-state index contributed by atoms with van der Waals surface area (Å²) < 4.78 is 72.9. The van der Waals surface area contributed by atoms with Crippen LogP contribution in [0.1, 0.15) is 11.7 Å². The van der Waals surface area contributed by atoms with E-state index in [-0.39, 0.29) is 5.56 Å². The molecular weight excluding hydrogens is 306 g/mol. The Kier molecular flexibility index (Phi) is 4.81. The number of halogens is 6.